The van der Waals surface area contributed by atoms with Crippen LogP contribution in [0.5, 0.6) is 0 Å². The zero-order valence-electron chi connectivity index (χ0n) is 12.8. The Hall–Kier alpha value is -1.51. The standard InChI is InChI=1S/C17H25N3/c1-12-6-4-5-7-15(12)14-8-9-20(11-14)17(18-3)19-16-10-13(16)2/h4-7,13-14,16H,8-11H2,1-3H3,(H,18,19). The summed E-state index contributed by atoms with van der Waals surface area (Å²) in [5.41, 5.74) is 2.92. The van der Waals surface area contributed by atoms with E-state index in [1.54, 1.807) is 0 Å². The molecule has 1 N–H and O–H groups in total. The molecule has 1 saturated carbocycles. The third kappa shape index (κ3) is 2.67. The van der Waals surface area contributed by atoms with Gasteiger partial charge in [0.2, 0.25) is 0 Å². The third-order valence-electron chi connectivity index (χ3n) is 4.75. The van der Waals surface area contributed by atoms with Crippen molar-refractivity contribution >= 4 is 5.96 Å². The number of likely N-dealkylation sites (tertiary alicyclic amines) is 1. The Balaban J connectivity index is 1.65. The Morgan fingerprint density at radius 1 is 1.35 bits per heavy atom. The molecule has 0 aromatic heterocycles. The second kappa shape index (κ2) is 5.47. The highest BCUT2D eigenvalue weighted by atomic mass is 15.3. The normalized spacial score (nSPS) is 29.6. The summed E-state index contributed by atoms with van der Waals surface area (Å²) >= 11 is 0. The van der Waals surface area contributed by atoms with Crippen molar-refractivity contribution in [2.24, 2.45) is 10.9 Å². The van der Waals surface area contributed by atoms with Crippen molar-refractivity contribution in [3.63, 3.8) is 0 Å². The molecule has 3 rings (SSSR count). The van der Waals surface area contributed by atoms with Crippen LogP contribution in [0, 0.1) is 12.8 Å². The minimum absolute atomic E-state index is 0.645. The molecule has 2 aliphatic rings. The Bertz CT molecular complexity index is 509. The maximum Gasteiger partial charge on any atom is 0.193 e. The summed E-state index contributed by atoms with van der Waals surface area (Å²) in [4.78, 5) is 6.89. The maximum atomic E-state index is 4.47. The topological polar surface area (TPSA) is 27.6 Å². The average Bonchev–Trinajstić information content (AvgIpc) is 2.95. The number of hydrogen-bond donors (Lipinski definition) is 1. The van der Waals surface area contributed by atoms with E-state index in [1.807, 2.05) is 7.05 Å². The molecule has 1 aliphatic heterocycles. The second-order valence-electron chi connectivity index (χ2n) is 6.30. The zero-order valence-corrected chi connectivity index (χ0v) is 12.8. The van der Waals surface area contributed by atoms with E-state index in [-0.39, 0.29) is 0 Å². The van der Waals surface area contributed by atoms with Crippen molar-refractivity contribution in [3.05, 3.63) is 35.4 Å². The highest BCUT2D eigenvalue weighted by molar-refractivity contribution is 5.81. The fourth-order valence-corrected chi connectivity index (χ4v) is 3.24. The van der Waals surface area contributed by atoms with Gasteiger partial charge in [-0.05, 0) is 36.8 Å². The van der Waals surface area contributed by atoms with Gasteiger partial charge in [0.15, 0.2) is 5.96 Å². The van der Waals surface area contributed by atoms with Crippen molar-refractivity contribution in [2.45, 2.75) is 38.6 Å². The summed E-state index contributed by atoms with van der Waals surface area (Å²) in [6.45, 7) is 6.72. The average molecular weight is 271 g/mol. The Labute approximate surface area is 122 Å². The first-order valence-electron chi connectivity index (χ1n) is 7.73. The van der Waals surface area contributed by atoms with E-state index >= 15 is 0 Å². The first-order chi connectivity index (χ1) is 9.69. The second-order valence-corrected chi connectivity index (χ2v) is 6.30. The number of aliphatic imine (C=N–C) groups is 1. The lowest BCUT2D eigenvalue weighted by Crippen LogP contribution is -2.41. The molecule has 108 valence electrons. The Kier molecular flexibility index (Phi) is 3.68. The fourth-order valence-electron chi connectivity index (χ4n) is 3.24. The molecule has 1 saturated heterocycles. The molecule has 3 unspecified atom stereocenters. The Morgan fingerprint density at radius 2 is 2.10 bits per heavy atom. The number of benzene rings is 1. The van der Waals surface area contributed by atoms with Crippen molar-refractivity contribution in [2.75, 3.05) is 20.1 Å². The van der Waals surface area contributed by atoms with Crippen molar-refractivity contribution in [1.29, 1.82) is 0 Å². The first kappa shape index (κ1) is 13.5. The van der Waals surface area contributed by atoms with Crippen LogP contribution in [0.2, 0.25) is 0 Å². The minimum atomic E-state index is 0.645. The molecule has 3 atom stereocenters. The van der Waals surface area contributed by atoms with E-state index in [4.69, 9.17) is 0 Å². The van der Waals surface area contributed by atoms with Crippen LogP contribution >= 0.6 is 0 Å². The number of rotatable bonds is 2. The van der Waals surface area contributed by atoms with Gasteiger partial charge in [0.1, 0.15) is 0 Å². The molecule has 1 aromatic carbocycles. The lowest BCUT2D eigenvalue weighted by atomic mass is 9.94. The van der Waals surface area contributed by atoms with Crippen LogP contribution in [0.15, 0.2) is 29.3 Å². The van der Waals surface area contributed by atoms with E-state index < -0.39 is 0 Å². The van der Waals surface area contributed by atoms with Crippen LogP contribution in [0.3, 0.4) is 0 Å². The number of nitrogens with one attached hydrogen (secondary N) is 1. The van der Waals surface area contributed by atoms with Gasteiger partial charge in [-0.25, -0.2) is 0 Å². The predicted molar refractivity (Wildman–Crippen MR) is 84.2 cm³/mol. The summed E-state index contributed by atoms with van der Waals surface area (Å²) < 4.78 is 0. The van der Waals surface area contributed by atoms with E-state index in [9.17, 15) is 0 Å². The maximum absolute atomic E-state index is 4.47. The van der Waals surface area contributed by atoms with Gasteiger partial charge in [-0.2, -0.15) is 0 Å². The molecule has 0 spiro atoms. The summed E-state index contributed by atoms with van der Waals surface area (Å²) in [6, 6.07) is 9.43. The van der Waals surface area contributed by atoms with Crippen LogP contribution in [-0.4, -0.2) is 37.0 Å². The van der Waals surface area contributed by atoms with Gasteiger partial charge in [-0.1, -0.05) is 31.2 Å². The van der Waals surface area contributed by atoms with Gasteiger partial charge in [0.25, 0.3) is 0 Å². The molecular weight excluding hydrogens is 246 g/mol. The third-order valence-corrected chi connectivity index (χ3v) is 4.75. The van der Waals surface area contributed by atoms with Crippen LogP contribution in [0.1, 0.15) is 36.8 Å². The van der Waals surface area contributed by atoms with Gasteiger partial charge in [-0.3, -0.25) is 4.99 Å². The molecule has 1 aliphatic carbocycles. The molecule has 2 fully saturated rings. The first-order valence-corrected chi connectivity index (χ1v) is 7.73. The lowest BCUT2D eigenvalue weighted by Gasteiger charge is -2.22. The summed E-state index contributed by atoms with van der Waals surface area (Å²) in [7, 11) is 1.90. The summed E-state index contributed by atoms with van der Waals surface area (Å²) in [5.74, 6) is 2.54. The SMILES string of the molecule is CN=C(NC1CC1C)N1CCC(c2ccccc2C)C1. The van der Waals surface area contributed by atoms with Crippen LogP contribution in [0.25, 0.3) is 0 Å². The summed E-state index contributed by atoms with van der Waals surface area (Å²) in [5, 5.41) is 3.59. The quantitative estimate of drug-likeness (QED) is 0.661. The van der Waals surface area contributed by atoms with Gasteiger partial charge in [-0.15, -0.1) is 0 Å². The summed E-state index contributed by atoms with van der Waals surface area (Å²) in [6.07, 6.45) is 2.51. The molecule has 0 amide bonds. The highest BCUT2D eigenvalue weighted by Gasteiger charge is 2.35. The predicted octanol–water partition coefficient (Wildman–Crippen LogP) is 2.77. The smallest absolute Gasteiger partial charge is 0.193 e. The number of hydrogen-bond acceptors (Lipinski definition) is 1. The Morgan fingerprint density at radius 3 is 2.75 bits per heavy atom. The molecule has 1 aromatic rings. The van der Waals surface area contributed by atoms with Gasteiger partial charge >= 0.3 is 0 Å². The van der Waals surface area contributed by atoms with Crippen molar-refractivity contribution in [3.8, 4) is 0 Å². The molecule has 3 heteroatoms. The number of guanidine groups is 1. The lowest BCUT2D eigenvalue weighted by molar-refractivity contribution is 0.483. The number of nitrogens with zero attached hydrogens (tertiary/aromatic N) is 2. The molecule has 0 bridgehead atoms. The van der Waals surface area contributed by atoms with E-state index in [0.717, 1.165) is 25.0 Å². The molecule has 0 radical (unpaired) electrons. The van der Waals surface area contributed by atoms with E-state index in [1.165, 1.54) is 24.0 Å². The van der Waals surface area contributed by atoms with Crippen LogP contribution in [0.4, 0.5) is 0 Å². The monoisotopic (exact) mass is 271 g/mol. The van der Waals surface area contributed by atoms with E-state index in [2.05, 4.69) is 53.3 Å². The minimum Gasteiger partial charge on any atom is -0.353 e. The number of aryl methyl sites for hydroxylation is 1. The zero-order chi connectivity index (χ0) is 14.1. The molecular formula is C17H25N3. The van der Waals surface area contributed by atoms with E-state index in [0.29, 0.717) is 12.0 Å². The van der Waals surface area contributed by atoms with Gasteiger partial charge in [0, 0.05) is 32.1 Å². The fraction of sp³-hybridized carbons (Fsp3) is 0.588. The van der Waals surface area contributed by atoms with Crippen LogP contribution in [-0.2, 0) is 0 Å². The molecule has 1 heterocycles. The molecule has 3 nitrogen and oxygen atoms in total. The largest absolute Gasteiger partial charge is 0.353 e. The molecule has 20 heavy (non-hydrogen) atoms. The highest BCUT2D eigenvalue weighted by Crippen LogP contribution is 2.31. The van der Waals surface area contributed by atoms with Crippen molar-refractivity contribution in [1.82, 2.24) is 10.2 Å². The van der Waals surface area contributed by atoms with Crippen molar-refractivity contribution < 1.29 is 0 Å². The van der Waals surface area contributed by atoms with Gasteiger partial charge < -0.3 is 10.2 Å². The van der Waals surface area contributed by atoms with Gasteiger partial charge in [0.05, 0.1) is 0 Å². The van der Waals surface area contributed by atoms with Crippen LogP contribution < -0.4 is 5.32 Å².